The van der Waals surface area contributed by atoms with E-state index < -0.39 is 28.6 Å². The van der Waals surface area contributed by atoms with Crippen molar-refractivity contribution >= 4 is 22.8 Å². The fourth-order valence-corrected chi connectivity index (χ4v) is 3.73. The number of carboxylic acids is 1. The summed E-state index contributed by atoms with van der Waals surface area (Å²) in [5, 5.41) is 9.22. The highest BCUT2D eigenvalue weighted by molar-refractivity contribution is 5.92. The number of nitrogens with zero attached hydrogens (tertiary/aromatic N) is 3. The lowest BCUT2D eigenvalue weighted by atomic mass is 10.1. The molecule has 9 heteroatoms. The van der Waals surface area contributed by atoms with Crippen LogP contribution in [0.1, 0.15) is 23.7 Å². The summed E-state index contributed by atoms with van der Waals surface area (Å²) in [4.78, 5) is 30.2. The number of anilines is 1. The van der Waals surface area contributed by atoms with Gasteiger partial charge in [0.2, 0.25) is 5.43 Å². The predicted molar refractivity (Wildman–Crippen MR) is 104 cm³/mol. The molecule has 1 saturated heterocycles. The maximum absolute atomic E-state index is 14.9. The summed E-state index contributed by atoms with van der Waals surface area (Å²) in [5.74, 6) is -2.62. The average molecular weight is 400 g/mol. The third-order valence-corrected chi connectivity index (χ3v) is 5.13. The van der Waals surface area contributed by atoms with Crippen LogP contribution in [0.2, 0.25) is 0 Å². The first-order valence-corrected chi connectivity index (χ1v) is 9.03. The van der Waals surface area contributed by atoms with Crippen molar-refractivity contribution in [2.24, 2.45) is 5.73 Å². The molecule has 1 aliphatic heterocycles. The summed E-state index contributed by atoms with van der Waals surface area (Å²) in [6.07, 6.45) is 1.79. The molecular weight excluding hydrogens is 382 g/mol. The van der Waals surface area contributed by atoms with Crippen LogP contribution >= 0.6 is 0 Å². The Bertz CT molecular complexity index is 1180. The molecule has 0 radical (unpaired) electrons. The van der Waals surface area contributed by atoms with Crippen LogP contribution < -0.4 is 16.1 Å². The standard InChI is InChI=1S/C20H18F2N4O3/c1-10-6-12(23)8-25(10)19-16(22)7-14-17(27)15(20(28)29)9-26(18(14)24-19)13-4-2-11(21)3-5-13/h2-5,7,9-10,12H,6,8,23H2,1H3,(H,28,29). The number of fused-ring (bicyclic) bond motifs is 1. The number of aromatic nitrogens is 2. The normalized spacial score (nSPS) is 19.1. The largest absolute Gasteiger partial charge is 0.477 e. The number of carbonyl (C=O) groups is 1. The van der Waals surface area contributed by atoms with Crippen molar-refractivity contribution in [3.8, 4) is 5.69 Å². The van der Waals surface area contributed by atoms with Crippen LogP contribution in [0.25, 0.3) is 16.7 Å². The van der Waals surface area contributed by atoms with Crippen LogP contribution in [-0.4, -0.2) is 39.3 Å². The highest BCUT2D eigenvalue weighted by Crippen LogP contribution is 2.28. The van der Waals surface area contributed by atoms with Crippen molar-refractivity contribution in [2.75, 3.05) is 11.4 Å². The number of rotatable bonds is 3. The molecule has 3 aromatic rings. The number of carboxylic acid groups (broad SMARTS) is 1. The van der Waals surface area contributed by atoms with E-state index in [4.69, 9.17) is 5.73 Å². The molecule has 0 bridgehead atoms. The summed E-state index contributed by atoms with van der Waals surface area (Å²) >= 11 is 0. The summed E-state index contributed by atoms with van der Waals surface area (Å²) in [7, 11) is 0. The van der Waals surface area contributed by atoms with E-state index in [2.05, 4.69) is 4.98 Å². The summed E-state index contributed by atoms with van der Waals surface area (Å²) in [6.45, 7) is 2.31. The molecule has 7 nitrogen and oxygen atoms in total. The lowest BCUT2D eigenvalue weighted by Crippen LogP contribution is -2.31. The van der Waals surface area contributed by atoms with E-state index in [1.807, 2.05) is 6.92 Å². The van der Waals surface area contributed by atoms with Crippen LogP contribution in [-0.2, 0) is 0 Å². The molecular formula is C20H18F2N4O3. The number of benzene rings is 1. The number of pyridine rings is 2. The SMILES string of the molecule is CC1CC(N)CN1c1nc2c(cc1F)c(=O)c(C(=O)O)cn2-c1ccc(F)cc1. The molecule has 4 rings (SSSR count). The summed E-state index contributed by atoms with van der Waals surface area (Å²) in [5.41, 5.74) is 5.07. The van der Waals surface area contributed by atoms with Gasteiger partial charge in [-0.3, -0.25) is 4.79 Å². The number of hydrogen-bond acceptors (Lipinski definition) is 5. The number of nitrogens with two attached hydrogens (primary N) is 1. The molecule has 3 N–H and O–H groups in total. The molecule has 0 saturated carbocycles. The van der Waals surface area contributed by atoms with E-state index in [0.29, 0.717) is 18.7 Å². The van der Waals surface area contributed by atoms with Gasteiger partial charge in [-0.25, -0.2) is 18.6 Å². The van der Waals surface area contributed by atoms with Gasteiger partial charge in [-0.05, 0) is 43.7 Å². The quantitative estimate of drug-likeness (QED) is 0.700. The van der Waals surface area contributed by atoms with Crippen molar-refractivity contribution < 1.29 is 18.7 Å². The summed E-state index contributed by atoms with van der Waals surface area (Å²) in [6, 6.07) is 6.07. The number of aromatic carboxylic acids is 1. The van der Waals surface area contributed by atoms with E-state index in [1.54, 1.807) is 4.90 Å². The molecule has 2 unspecified atom stereocenters. The second kappa shape index (κ2) is 6.93. The lowest BCUT2D eigenvalue weighted by Gasteiger charge is -2.24. The predicted octanol–water partition coefficient (Wildman–Crippen LogP) is 2.29. The topological polar surface area (TPSA) is 101 Å². The molecule has 1 fully saturated rings. The van der Waals surface area contributed by atoms with Crippen molar-refractivity contribution in [1.82, 2.24) is 9.55 Å². The molecule has 2 atom stereocenters. The van der Waals surface area contributed by atoms with Gasteiger partial charge >= 0.3 is 5.97 Å². The van der Waals surface area contributed by atoms with Crippen molar-refractivity contribution in [3.05, 3.63) is 63.9 Å². The van der Waals surface area contributed by atoms with Crippen LogP contribution in [0.5, 0.6) is 0 Å². The smallest absolute Gasteiger partial charge is 0.341 e. The molecule has 0 amide bonds. The minimum Gasteiger partial charge on any atom is -0.477 e. The van der Waals surface area contributed by atoms with Gasteiger partial charge in [0.15, 0.2) is 17.3 Å². The van der Waals surface area contributed by atoms with E-state index in [9.17, 15) is 23.5 Å². The van der Waals surface area contributed by atoms with Gasteiger partial charge in [-0.2, -0.15) is 0 Å². The fraction of sp³-hybridized carbons (Fsp3) is 0.250. The van der Waals surface area contributed by atoms with Crippen molar-refractivity contribution in [1.29, 1.82) is 0 Å². The zero-order chi connectivity index (χ0) is 20.9. The minimum atomic E-state index is -1.45. The third kappa shape index (κ3) is 3.23. The van der Waals surface area contributed by atoms with Gasteiger partial charge in [0.05, 0.1) is 5.39 Å². The second-order valence-corrected chi connectivity index (χ2v) is 7.19. The van der Waals surface area contributed by atoms with Crippen molar-refractivity contribution in [3.63, 3.8) is 0 Å². The Hall–Kier alpha value is -3.33. The Morgan fingerprint density at radius 3 is 2.55 bits per heavy atom. The molecule has 2 aromatic heterocycles. The van der Waals surface area contributed by atoms with E-state index in [1.165, 1.54) is 28.8 Å². The molecule has 29 heavy (non-hydrogen) atoms. The number of hydrogen-bond donors (Lipinski definition) is 2. The molecule has 0 spiro atoms. The van der Waals surface area contributed by atoms with Gasteiger partial charge in [0.25, 0.3) is 0 Å². The van der Waals surface area contributed by atoms with Gasteiger partial charge in [0.1, 0.15) is 11.4 Å². The highest BCUT2D eigenvalue weighted by atomic mass is 19.1. The zero-order valence-electron chi connectivity index (χ0n) is 15.5. The van der Waals surface area contributed by atoms with Crippen LogP contribution in [0.3, 0.4) is 0 Å². The zero-order valence-corrected chi connectivity index (χ0v) is 15.5. The Morgan fingerprint density at radius 1 is 1.28 bits per heavy atom. The maximum atomic E-state index is 14.9. The third-order valence-electron chi connectivity index (χ3n) is 5.13. The monoisotopic (exact) mass is 400 g/mol. The molecule has 1 aromatic carbocycles. The summed E-state index contributed by atoms with van der Waals surface area (Å²) < 4.78 is 29.6. The fourth-order valence-electron chi connectivity index (χ4n) is 3.73. The number of halogens is 2. The second-order valence-electron chi connectivity index (χ2n) is 7.19. The highest BCUT2D eigenvalue weighted by Gasteiger charge is 2.30. The molecule has 150 valence electrons. The molecule has 3 heterocycles. The molecule has 1 aliphatic rings. The van der Waals surface area contributed by atoms with Gasteiger partial charge in [0, 0.05) is 30.5 Å². The lowest BCUT2D eigenvalue weighted by molar-refractivity contribution is 0.0695. The maximum Gasteiger partial charge on any atom is 0.341 e. The van der Waals surface area contributed by atoms with Crippen molar-refractivity contribution in [2.45, 2.75) is 25.4 Å². The Kier molecular flexibility index (Phi) is 4.54. The van der Waals surface area contributed by atoms with Crippen LogP contribution in [0.15, 0.2) is 41.3 Å². The minimum absolute atomic E-state index is 0.0382. The first kappa shape index (κ1) is 19.0. The van der Waals surface area contributed by atoms with E-state index in [-0.39, 0.29) is 28.9 Å². The molecule has 0 aliphatic carbocycles. The van der Waals surface area contributed by atoms with Crippen LogP contribution in [0.4, 0.5) is 14.6 Å². The Labute approximate surface area is 164 Å². The van der Waals surface area contributed by atoms with Gasteiger partial charge in [-0.1, -0.05) is 0 Å². The average Bonchev–Trinajstić information content (AvgIpc) is 3.00. The van der Waals surface area contributed by atoms with Gasteiger partial charge < -0.3 is 20.3 Å². The van der Waals surface area contributed by atoms with Gasteiger partial charge in [-0.15, -0.1) is 0 Å². The Morgan fingerprint density at radius 2 is 1.97 bits per heavy atom. The van der Waals surface area contributed by atoms with E-state index in [0.717, 1.165) is 12.3 Å². The van der Waals surface area contributed by atoms with Crippen LogP contribution in [0, 0.1) is 11.6 Å². The Balaban J connectivity index is 2.02. The first-order valence-electron chi connectivity index (χ1n) is 9.03. The van der Waals surface area contributed by atoms with E-state index >= 15 is 0 Å². The first-order chi connectivity index (χ1) is 13.8.